The van der Waals surface area contributed by atoms with E-state index in [1.807, 2.05) is 6.07 Å². The number of nitrogens with zero attached hydrogens (tertiary/aromatic N) is 6. The van der Waals surface area contributed by atoms with Gasteiger partial charge >= 0.3 is 5.69 Å². The Hall–Kier alpha value is -3.57. The van der Waals surface area contributed by atoms with Crippen LogP contribution in [0.3, 0.4) is 0 Å². The van der Waals surface area contributed by atoms with Gasteiger partial charge in [-0.2, -0.15) is 0 Å². The average Bonchev–Trinajstić information content (AvgIpc) is 3.38. The fraction of sp³-hybridized carbons (Fsp3) is 0.250. The zero-order chi connectivity index (χ0) is 21.4. The lowest BCUT2D eigenvalue weighted by Gasteiger charge is -2.30. The second-order valence-electron chi connectivity index (χ2n) is 7.14. The van der Waals surface area contributed by atoms with Crippen LogP contribution >= 0.6 is 11.3 Å². The monoisotopic (exact) mass is 436 g/mol. The molecule has 1 amide bonds. The normalized spacial score (nSPS) is 14.2. The predicted molar refractivity (Wildman–Crippen MR) is 119 cm³/mol. The van der Waals surface area contributed by atoms with Crippen molar-refractivity contribution in [2.75, 3.05) is 36.4 Å². The summed E-state index contributed by atoms with van der Waals surface area (Å²) < 4.78 is 3.01. The minimum Gasteiger partial charge on any atom is -0.367 e. The van der Waals surface area contributed by atoms with Crippen LogP contribution in [0.5, 0.6) is 0 Å². The molecule has 158 valence electrons. The van der Waals surface area contributed by atoms with Gasteiger partial charge in [0.05, 0.1) is 34.8 Å². The van der Waals surface area contributed by atoms with Crippen LogP contribution in [0.2, 0.25) is 0 Å². The number of nitrogens with one attached hydrogen (secondary N) is 2. The number of hydrogen-bond acceptors (Lipinski definition) is 8. The molecule has 0 aliphatic carbocycles. The minimum absolute atomic E-state index is 0.238. The maximum atomic E-state index is 12.9. The summed E-state index contributed by atoms with van der Waals surface area (Å²) in [6.45, 7) is 3.49. The Labute approximate surface area is 181 Å². The molecule has 0 bridgehead atoms. The molecule has 5 heterocycles. The number of rotatable bonds is 4. The summed E-state index contributed by atoms with van der Waals surface area (Å²) in [6, 6.07) is 3.66. The van der Waals surface area contributed by atoms with Crippen LogP contribution in [0.4, 0.5) is 11.4 Å². The van der Waals surface area contributed by atoms with Crippen molar-refractivity contribution in [1.82, 2.24) is 29.4 Å². The van der Waals surface area contributed by atoms with Gasteiger partial charge in [-0.05, 0) is 12.1 Å². The number of carbonyl (C=O) groups excluding carboxylic acids is 1. The number of amides is 1. The second-order valence-corrected chi connectivity index (χ2v) is 7.98. The largest absolute Gasteiger partial charge is 0.367 e. The first-order valence-corrected chi connectivity index (χ1v) is 10.7. The Morgan fingerprint density at radius 2 is 1.90 bits per heavy atom. The third-order valence-electron chi connectivity index (χ3n) is 5.28. The third kappa shape index (κ3) is 3.47. The molecular weight excluding hydrogens is 416 g/mol. The number of thiazole rings is 1. The lowest BCUT2D eigenvalue weighted by Crippen LogP contribution is -2.43. The van der Waals surface area contributed by atoms with Crippen LogP contribution in [0.15, 0.2) is 47.1 Å². The second kappa shape index (κ2) is 7.93. The van der Waals surface area contributed by atoms with E-state index in [2.05, 4.69) is 30.5 Å². The number of fused-ring (bicyclic) bond motifs is 1. The van der Waals surface area contributed by atoms with E-state index in [0.29, 0.717) is 21.9 Å². The Balaban J connectivity index is 1.44. The van der Waals surface area contributed by atoms with Crippen LogP contribution in [0.1, 0.15) is 10.5 Å². The highest BCUT2D eigenvalue weighted by molar-refractivity contribution is 7.12. The fourth-order valence-electron chi connectivity index (χ4n) is 3.69. The van der Waals surface area contributed by atoms with Gasteiger partial charge in [0.25, 0.3) is 5.91 Å². The summed E-state index contributed by atoms with van der Waals surface area (Å²) in [4.78, 5) is 40.5. The van der Waals surface area contributed by atoms with E-state index < -0.39 is 0 Å². The van der Waals surface area contributed by atoms with Crippen molar-refractivity contribution in [3.05, 3.63) is 58.5 Å². The number of piperazine rings is 1. The van der Waals surface area contributed by atoms with Gasteiger partial charge in [-0.1, -0.05) is 0 Å². The number of hydrogen-bond donors (Lipinski definition) is 2. The summed E-state index contributed by atoms with van der Waals surface area (Å²) in [6.07, 6.45) is 6.62. The van der Waals surface area contributed by atoms with Crippen molar-refractivity contribution in [2.24, 2.45) is 7.05 Å². The summed E-state index contributed by atoms with van der Waals surface area (Å²) >= 11 is 1.24. The Morgan fingerprint density at radius 3 is 2.74 bits per heavy atom. The van der Waals surface area contributed by atoms with Gasteiger partial charge in [-0.15, -0.1) is 11.3 Å². The van der Waals surface area contributed by atoms with Gasteiger partial charge < -0.3 is 15.5 Å². The van der Waals surface area contributed by atoms with E-state index in [4.69, 9.17) is 0 Å². The van der Waals surface area contributed by atoms with Gasteiger partial charge in [0.15, 0.2) is 5.13 Å². The summed E-state index contributed by atoms with van der Waals surface area (Å²) in [7, 11) is 1.68. The number of aromatic nitrogens is 5. The highest BCUT2D eigenvalue weighted by Crippen LogP contribution is 2.26. The summed E-state index contributed by atoms with van der Waals surface area (Å²) in [5.74, 6) is -0.346. The molecule has 1 aliphatic heterocycles. The molecule has 0 spiro atoms. The fourth-order valence-corrected chi connectivity index (χ4v) is 4.50. The number of imidazole rings is 1. The van der Waals surface area contributed by atoms with Gasteiger partial charge in [-0.3, -0.25) is 19.3 Å². The third-order valence-corrected chi connectivity index (χ3v) is 6.10. The maximum Gasteiger partial charge on any atom is 0.335 e. The number of pyridine rings is 2. The first-order chi connectivity index (χ1) is 15.1. The molecular formula is C20H20N8O2S. The van der Waals surface area contributed by atoms with Crippen molar-refractivity contribution >= 4 is 39.7 Å². The molecule has 4 aromatic heterocycles. The Morgan fingerprint density at radius 1 is 1.13 bits per heavy atom. The summed E-state index contributed by atoms with van der Waals surface area (Å²) in [5.41, 5.74) is 2.96. The molecule has 4 aromatic rings. The van der Waals surface area contributed by atoms with Crippen LogP contribution in [-0.4, -0.2) is 56.2 Å². The van der Waals surface area contributed by atoms with E-state index in [1.165, 1.54) is 20.5 Å². The predicted octanol–water partition coefficient (Wildman–Crippen LogP) is 1.24. The van der Waals surface area contributed by atoms with E-state index in [9.17, 15) is 9.59 Å². The first kappa shape index (κ1) is 19.4. The van der Waals surface area contributed by atoms with Crippen molar-refractivity contribution in [2.45, 2.75) is 0 Å². The number of aryl methyl sites for hydroxylation is 1. The lowest BCUT2D eigenvalue weighted by molar-refractivity contribution is 0.102. The van der Waals surface area contributed by atoms with Crippen molar-refractivity contribution in [3.63, 3.8) is 0 Å². The van der Waals surface area contributed by atoms with Crippen molar-refractivity contribution < 1.29 is 4.79 Å². The van der Waals surface area contributed by atoms with Gasteiger partial charge in [0.2, 0.25) is 0 Å². The Bertz CT molecular complexity index is 1320. The topological polar surface area (TPSA) is 110 Å². The standard InChI is InChI=1S/C20H20N8O2S/c1-26-17-11-23-5-3-16(17)28(20(26)30)19-25-14(12-31-19)18(29)24-13-10-22-4-2-15(13)27-8-6-21-7-9-27/h2-5,10-12,21H,6-9H2,1H3,(H,24,29). The van der Waals surface area contributed by atoms with Crippen molar-refractivity contribution in [3.8, 4) is 5.13 Å². The van der Waals surface area contributed by atoms with E-state index in [1.54, 1.807) is 43.3 Å². The molecule has 0 atom stereocenters. The molecule has 2 N–H and O–H groups in total. The Kier molecular flexibility index (Phi) is 4.96. The molecule has 0 aromatic carbocycles. The van der Waals surface area contributed by atoms with Crippen LogP contribution < -0.4 is 21.2 Å². The molecule has 10 nitrogen and oxygen atoms in total. The van der Waals surface area contributed by atoms with Crippen LogP contribution in [0.25, 0.3) is 16.2 Å². The molecule has 1 aliphatic rings. The van der Waals surface area contributed by atoms with Crippen molar-refractivity contribution in [1.29, 1.82) is 0 Å². The maximum absolute atomic E-state index is 12.9. The molecule has 5 rings (SSSR count). The zero-order valence-corrected chi connectivity index (χ0v) is 17.6. The molecule has 0 unspecified atom stereocenters. The van der Waals surface area contributed by atoms with Gasteiger partial charge in [-0.25, -0.2) is 14.3 Å². The molecule has 0 radical (unpaired) electrons. The first-order valence-electron chi connectivity index (χ1n) is 9.82. The average molecular weight is 437 g/mol. The van der Waals surface area contributed by atoms with Crippen LogP contribution in [0, 0.1) is 0 Å². The lowest BCUT2D eigenvalue weighted by atomic mass is 10.2. The quantitative estimate of drug-likeness (QED) is 0.495. The zero-order valence-electron chi connectivity index (χ0n) is 16.8. The molecule has 1 fully saturated rings. The minimum atomic E-state index is -0.346. The van der Waals surface area contributed by atoms with Gasteiger partial charge in [0.1, 0.15) is 5.69 Å². The molecule has 31 heavy (non-hydrogen) atoms. The van der Waals surface area contributed by atoms with E-state index >= 15 is 0 Å². The van der Waals surface area contributed by atoms with E-state index in [-0.39, 0.29) is 17.3 Å². The highest BCUT2D eigenvalue weighted by atomic mass is 32.1. The SMILES string of the molecule is Cn1c(=O)n(-c2nc(C(=O)Nc3cnccc3N3CCNCC3)cs2)c2ccncc21. The number of anilines is 2. The number of carbonyl (C=O) groups is 1. The van der Waals surface area contributed by atoms with E-state index in [0.717, 1.165) is 31.9 Å². The van der Waals surface area contributed by atoms with Crippen LogP contribution in [-0.2, 0) is 7.05 Å². The molecule has 1 saturated heterocycles. The molecule has 11 heteroatoms. The smallest absolute Gasteiger partial charge is 0.335 e. The molecule has 0 saturated carbocycles. The van der Waals surface area contributed by atoms with Gasteiger partial charge in [0, 0.05) is 51.0 Å². The highest BCUT2D eigenvalue weighted by Gasteiger charge is 2.20. The summed E-state index contributed by atoms with van der Waals surface area (Å²) in [5, 5.41) is 8.33.